The minimum atomic E-state index is -0.621. The molecule has 1 saturated heterocycles. The number of piperidine rings is 1. The van der Waals surface area contributed by atoms with Crippen LogP contribution in [0, 0.1) is 19.8 Å². The number of carbonyl (C=O) groups excluding carboxylic acids is 1. The van der Waals surface area contributed by atoms with E-state index in [0.29, 0.717) is 42.7 Å². The lowest BCUT2D eigenvalue weighted by Crippen LogP contribution is -2.54. The van der Waals surface area contributed by atoms with Crippen LogP contribution < -0.4 is 5.63 Å². The first-order valence-corrected chi connectivity index (χ1v) is 15.5. The van der Waals surface area contributed by atoms with Crippen LogP contribution in [0.15, 0.2) is 80.6 Å². The Labute approximate surface area is 250 Å². The van der Waals surface area contributed by atoms with Gasteiger partial charge in [-0.25, -0.2) is 4.79 Å². The number of carbonyl (C=O) groups is 1. The molecule has 43 heavy (non-hydrogen) atoms. The van der Waals surface area contributed by atoms with Crippen molar-refractivity contribution in [3.8, 4) is 22.3 Å². The van der Waals surface area contributed by atoms with Crippen molar-refractivity contribution >= 4 is 27.8 Å². The standard InChI is InChI=1S/C37H37NO5/c1-23-29(15-16-33(39)38-19-18-37(41)17-7-6-10-28(37)21-38)36(40)43-35-24(2)34-31(20-30(23)35)32(22-42-34)27-13-11-26(12-14-27)25-8-4-3-5-9-25/h3-5,8-9,11-14,20,22,28,41H,6-7,10,15-19,21H2,1-2H3/t28-,37+/m1/s1. The fraction of sp³-hybridized carbons (Fsp3) is 0.351. The minimum Gasteiger partial charge on any atom is -0.463 e. The third-order valence-corrected chi connectivity index (χ3v) is 10.0. The molecule has 1 amide bonds. The van der Waals surface area contributed by atoms with E-state index in [4.69, 9.17) is 8.83 Å². The highest BCUT2D eigenvalue weighted by molar-refractivity contribution is 6.05. The van der Waals surface area contributed by atoms with Gasteiger partial charge in [-0.2, -0.15) is 0 Å². The SMILES string of the molecule is Cc1c(CCC(=O)N2CC[C@@]3(O)CCCC[C@@H]3C2)c(=O)oc2c(C)c3occ(-c4ccc(-c5ccccc5)cc4)c3cc12. The number of hydrogen-bond donors (Lipinski definition) is 1. The van der Waals surface area contributed by atoms with Gasteiger partial charge in [-0.1, -0.05) is 67.4 Å². The van der Waals surface area contributed by atoms with Crippen LogP contribution in [0.3, 0.4) is 0 Å². The van der Waals surface area contributed by atoms with Gasteiger partial charge in [0.2, 0.25) is 5.91 Å². The molecule has 1 aliphatic carbocycles. The van der Waals surface area contributed by atoms with Gasteiger partial charge >= 0.3 is 5.63 Å². The molecule has 3 heterocycles. The van der Waals surface area contributed by atoms with Crippen molar-refractivity contribution in [2.45, 2.75) is 64.4 Å². The lowest BCUT2D eigenvalue weighted by Gasteiger charge is -2.47. The van der Waals surface area contributed by atoms with Crippen molar-refractivity contribution < 1.29 is 18.7 Å². The van der Waals surface area contributed by atoms with Gasteiger partial charge in [-0.15, -0.1) is 0 Å². The maximum absolute atomic E-state index is 13.2. The maximum atomic E-state index is 13.2. The average molecular weight is 576 g/mol. The third kappa shape index (κ3) is 4.88. The Kier molecular flexibility index (Phi) is 6.97. The number of amides is 1. The van der Waals surface area contributed by atoms with E-state index >= 15 is 0 Å². The van der Waals surface area contributed by atoms with Crippen LogP contribution >= 0.6 is 0 Å². The van der Waals surface area contributed by atoms with Crippen molar-refractivity contribution in [2.75, 3.05) is 13.1 Å². The van der Waals surface area contributed by atoms with Crippen LogP contribution in [0.5, 0.6) is 0 Å². The van der Waals surface area contributed by atoms with Crippen LogP contribution in [-0.2, 0) is 11.2 Å². The number of benzene rings is 3. The maximum Gasteiger partial charge on any atom is 0.339 e. The summed E-state index contributed by atoms with van der Waals surface area (Å²) in [6.45, 7) is 5.05. The molecule has 7 rings (SSSR count). The Morgan fingerprint density at radius 1 is 0.930 bits per heavy atom. The second kappa shape index (κ2) is 10.8. The number of furan rings is 1. The number of aryl methyl sites for hydroxylation is 2. The molecule has 5 aromatic rings. The molecule has 0 spiro atoms. The van der Waals surface area contributed by atoms with Crippen molar-refractivity contribution in [3.63, 3.8) is 0 Å². The van der Waals surface area contributed by atoms with Crippen molar-refractivity contribution in [1.29, 1.82) is 0 Å². The van der Waals surface area contributed by atoms with Crippen LogP contribution in [0.4, 0.5) is 0 Å². The first-order chi connectivity index (χ1) is 20.8. The molecule has 2 atom stereocenters. The molecule has 2 aliphatic rings. The van der Waals surface area contributed by atoms with Crippen LogP contribution in [0.25, 0.3) is 44.2 Å². The lowest BCUT2D eigenvalue weighted by molar-refractivity contribution is -0.143. The van der Waals surface area contributed by atoms with Crippen LogP contribution in [-0.4, -0.2) is 34.6 Å². The highest BCUT2D eigenvalue weighted by atomic mass is 16.4. The summed E-state index contributed by atoms with van der Waals surface area (Å²) in [4.78, 5) is 28.3. The second-order valence-corrected chi connectivity index (χ2v) is 12.5. The summed E-state index contributed by atoms with van der Waals surface area (Å²) in [5.74, 6) is 0.185. The third-order valence-electron chi connectivity index (χ3n) is 10.0. The fourth-order valence-corrected chi connectivity index (χ4v) is 7.37. The fourth-order valence-electron chi connectivity index (χ4n) is 7.37. The molecule has 0 bridgehead atoms. The molecule has 1 N–H and O–H groups in total. The molecular weight excluding hydrogens is 538 g/mol. The Balaban J connectivity index is 1.17. The molecule has 0 radical (unpaired) electrons. The molecule has 1 aliphatic heterocycles. The van der Waals surface area contributed by atoms with Gasteiger partial charge < -0.3 is 18.8 Å². The predicted molar refractivity (Wildman–Crippen MR) is 169 cm³/mol. The zero-order valence-electron chi connectivity index (χ0n) is 24.8. The Morgan fingerprint density at radius 3 is 2.47 bits per heavy atom. The second-order valence-electron chi connectivity index (χ2n) is 12.5. The summed E-state index contributed by atoms with van der Waals surface area (Å²) in [5.41, 5.74) is 6.72. The minimum absolute atomic E-state index is 0.0363. The summed E-state index contributed by atoms with van der Waals surface area (Å²) in [6, 6.07) is 20.8. The van der Waals surface area contributed by atoms with E-state index in [9.17, 15) is 14.7 Å². The molecule has 2 aromatic heterocycles. The smallest absolute Gasteiger partial charge is 0.339 e. The highest BCUT2D eigenvalue weighted by Gasteiger charge is 2.43. The Morgan fingerprint density at radius 2 is 1.67 bits per heavy atom. The van der Waals surface area contributed by atoms with Crippen molar-refractivity contribution in [3.05, 3.63) is 94.0 Å². The van der Waals surface area contributed by atoms with Crippen LogP contribution in [0.1, 0.15) is 55.2 Å². The Bertz CT molecular complexity index is 1880. The quantitative estimate of drug-likeness (QED) is 0.219. The molecule has 2 fully saturated rings. The van der Waals surface area contributed by atoms with Gasteiger partial charge in [0.1, 0.15) is 11.2 Å². The highest BCUT2D eigenvalue weighted by Crippen LogP contribution is 2.40. The number of nitrogens with zero attached hydrogens (tertiary/aromatic N) is 1. The molecule has 3 aromatic carbocycles. The van der Waals surface area contributed by atoms with E-state index in [0.717, 1.165) is 64.3 Å². The van der Waals surface area contributed by atoms with Crippen molar-refractivity contribution in [1.82, 2.24) is 4.90 Å². The van der Waals surface area contributed by atoms with Gasteiger partial charge in [0.25, 0.3) is 0 Å². The number of rotatable bonds is 5. The number of hydrogen-bond acceptors (Lipinski definition) is 5. The molecular formula is C37H37NO5. The summed E-state index contributed by atoms with van der Waals surface area (Å²) >= 11 is 0. The summed E-state index contributed by atoms with van der Waals surface area (Å²) in [6.07, 6.45) is 6.94. The van der Waals surface area contributed by atoms with Gasteiger partial charge in [-0.3, -0.25) is 4.79 Å². The van der Waals surface area contributed by atoms with Gasteiger partial charge in [0.05, 0.1) is 11.9 Å². The van der Waals surface area contributed by atoms with E-state index < -0.39 is 11.2 Å². The summed E-state index contributed by atoms with van der Waals surface area (Å²) in [7, 11) is 0. The topological polar surface area (TPSA) is 83.9 Å². The van der Waals surface area contributed by atoms with E-state index in [-0.39, 0.29) is 18.2 Å². The number of likely N-dealkylation sites (tertiary alicyclic amines) is 1. The molecule has 220 valence electrons. The monoisotopic (exact) mass is 575 g/mol. The number of aliphatic hydroxyl groups is 1. The van der Waals surface area contributed by atoms with E-state index in [1.807, 2.05) is 36.9 Å². The van der Waals surface area contributed by atoms with E-state index in [1.165, 1.54) is 5.56 Å². The first-order valence-electron chi connectivity index (χ1n) is 15.5. The lowest BCUT2D eigenvalue weighted by atomic mass is 9.71. The molecule has 1 saturated carbocycles. The van der Waals surface area contributed by atoms with Gasteiger partial charge in [0.15, 0.2) is 0 Å². The van der Waals surface area contributed by atoms with Gasteiger partial charge in [0, 0.05) is 52.9 Å². The average Bonchev–Trinajstić information content (AvgIpc) is 3.46. The first kappa shape index (κ1) is 27.7. The zero-order chi connectivity index (χ0) is 29.7. The van der Waals surface area contributed by atoms with E-state index in [2.05, 4.69) is 42.5 Å². The zero-order valence-corrected chi connectivity index (χ0v) is 24.8. The normalized spacial score (nSPS) is 20.4. The molecule has 6 nitrogen and oxygen atoms in total. The summed E-state index contributed by atoms with van der Waals surface area (Å²) < 4.78 is 11.9. The van der Waals surface area contributed by atoms with Gasteiger partial charge in [-0.05, 0) is 67.9 Å². The van der Waals surface area contributed by atoms with E-state index in [1.54, 1.807) is 6.26 Å². The predicted octanol–water partition coefficient (Wildman–Crippen LogP) is 7.58. The number of fused-ring (bicyclic) bond motifs is 3. The molecule has 0 unspecified atom stereocenters. The van der Waals surface area contributed by atoms with Crippen molar-refractivity contribution in [2.24, 2.45) is 5.92 Å². The summed E-state index contributed by atoms with van der Waals surface area (Å²) in [5, 5.41) is 12.8. The molecule has 6 heteroatoms. The van der Waals surface area contributed by atoms with Crippen LogP contribution in [0.2, 0.25) is 0 Å². The largest absolute Gasteiger partial charge is 0.463 e. The Hall–Kier alpha value is -4.16.